The van der Waals surface area contributed by atoms with Crippen LogP contribution in [0.1, 0.15) is 36.8 Å². The third-order valence-electron chi connectivity index (χ3n) is 2.90. The van der Waals surface area contributed by atoms with E-state index < -0.39 is 0 Å². The first-order valence-electron chi connectivity index (χ1n) is 6.15. The Morgan fingerprint density at radius 3 is 2.94 bits per heavy atom. The van der Waals surface area contributed by atoms with Crippen molar-refractivity contribution in [3.8, 4) is 6.07 Å². The zero-order valence-electron chi connectivity index (χ0n) is 10.2. The van der Waals surface area contributed by atoms with E-state index in [-0.39, 0.29) is 0 Å². The molecule has 0 amide bonds. The lowest BCUT2D eigenvalue weighted by atomic mass is 10.0. The van der Waals surface area contributed by atoms with Gasteiger partial charge in [0.05, 0.1) is 11.6 Å². The van der Waals surface area contributed by atoms with E-state index in [9.17, 15) is 0 Å². The third kappa shape index (κ3) is 3.46. The fourth-order valence-electron chi connectivity index (χ4n) is 1.89. The summed E-state index contributed by atoms with van der Waals surface area (Å²) in [6.45, 7) is 0.310. The molecule has 1 radical (unpaired) electrons. The van der Waals surface area contributed by atoms with E-state index in [1.165, 1.54) is 12.8 Å². The van der Waals surface area contributed by atoms with Crippen LogP contribution < -0.4 is 0 Å². The average Bonchev–Trinajstić information content (AvgIpc) is 2.45. The highest BCUT2D eigenvalue weighted by Gasteiger charge is 2.02. The van der Waals surface area contributed by atoms with Crippen LogP contribution in [0.5, 0.6) is 0 Å². The molecule has 3 nitrogen and oxygen atoms in total. The van der Waals surface area contributed by atoms with Crippen molar-refractivity contribution in [3.63, 3.8) is 0 Å². The summed E-state index contributed by atoms with van der Waals surface area (Å²) in [6.07, 6.45) is 9.65. The molecule has 0 atom stereocenters. The highest BCUT2D eigenvalue weighted by Crippen LogP contribution is 2.15. The highest BCUT2D eigenvalue weighted by molar-refractivity contribution is 5.78. The second-order valence-corrected chi connectivity index (χ2v) is 4.22. The molecule has 3 heteroatoms. The van der Waals surface area contributed by atoms with Crippen LogP contribution >= 0.6 is 0 Å². The van der Waals surface area contributed by atoms with Crippen LogP contribution in [0, 0.1) is 11.3 Å². The van der Waals surface area contributed by atoms with Gasteiger partial charge in [0, 0.05) is 5.56 Å². The van der Waals surface area contributed by atoms with E-state index in [1.54, 1.807) is 6.07 Å². The van der Waals surface area contributed by atoms with Gasteiger partial charge >= 0.3 is 0 Å². The molecule has 0 saturated heterocycles. The summed E-state index contributed by atoms with van der Waals surface area (Å²) in [6, 6.07) is 9.50. The molecular weight excluding hydrogens is 224 g/mol. The molecule has 91 valence electrons. The minimum absolute atomic E-state index is 0.310. The van der Waals surface area contributed by atoms with Crippen LogP contribution in [0.15, 0.2) is 41.1 Å². The van der Waals surface area contributed by atoms with Gasteiger partial charge in [-0.3, -0.25) is 0 Å². The van der Waals surface area contributed by atoms with Crippen molar-refractivity contribution in [2.45, 2.75) is 32.3 Å². The van der Waals surface area contributed by atoms with Crippen LogP contribution in [-0.2, 0) is 11.4 Å². The molecule has 0 heterocycles. The Kier molecular flexibility index (Phi) is 4.54. The third-order valence-corrected chi connectivity index (χ3v) is 2.90. The summed E-state index contributed by atoms with van der Waals surface area (Å²) >= 11 is 0. The van der Waals surface area contributed by atoms with Gasteiger partial charge in [-0.15, -0.1) is 0 Å². The molecule has 0 bridgehead atoms. The molecule has 1 aromatic rings. The van der Waals surface area contributed by atoms with Crippen LogP contribution in [0.25, 0.3) is 0 Å². The smallest absolute Gasteiger partial charge is 0.143 e. The summed E-state index contributed by atoms with van der Waals surface area (Å²) in [5.74, 6) is 0. The molecule has 1 aromatic carbocycles. The molecule has 2 rings (SSSR count). The second kappa shape index (κ2) is 6.61. The topological polar surface area (TPSA) is 45.4 Å². The van der Waals surface area contributed by atoms with Crippen molar-refractivity contribution in [1.29, 1.82) is 5.26 Å². The Hall–Kier alpha value is -2.08. The number of nitrogens with zero attached hydrogens (tertiary/aromatic N) is 2. The van der Waals surface area contributed by atoms with Crippen molar-refractivity contribution in [1.82, 2.24) is 0 Å². The number of hydrogen-bond acceptors (Lipinski definition) is 3. The number of allylic oxidation sites excluding steroid dienone is 2. The molecule has 0 unspecified atom stereocenters. The predicted molar refractivity (Wildman–Crippen MR) is 69.9 cm³/mol. The molecule has 0 spiro atoms. The van der Waals surface area contributed by atoms with Gasteiger partial charge in [-0.1, -0.05) is 29.4 Å². The zero-order valence-corrected chi connectivity index (χ0v) is 10.2. The second-order valence-electron chi connectivity index (χ2n) is 4.22. The lowest BCUT2D eigenvalue weighted by Crippen LogP contribution is -1.95. The van der Waals surface area contributed by atoms with Crippen molar-refractivity contribution < 1.29 is 4.84 Å². The Balaban J connectivity index is 1.87. The fraction of sp³-hybridized carbons (Fsp3) is 0.333. The summed E-state index contributed by atoms with van der Waals surface area (Å²) in [5, 5.41) is 12.8. The number of hydrogen-bond donors (Lipinski definition) is 0. The fourth-order valence-corrected chi connectivity index (χ4v) is 1.89. The van der Waals surface area contributed by atoms with Gasteiger partial charge in [-0.25, -0.2) is 0 Å². The number of rotatable bonds is 4. The standard InChI is InChI=1S/C15H15N2O/c16-10-14-8-4-5-9-15(14)12-18-17-11-13-6-2-1-3-7-13/h4-6,8-9H,1-3,7,12H2. The Bertz CT molecular complexity index is 497. The maximum Gasteiger partial charge on any atom is 0.143 e. The Morgan fingerprint density at radius 1 is 1.28 bits per heavy atom. The molecule has 1 aliphatic carbocycles. The first kappa shape index (κ1) is 12.4. The predicted octanol–water partition coefficient (Wildman–Crippen LogP) is 3.44. The van der Waals surface area contributed by atoms with Gasteiger partial charge in [0.1, 0.15) is 12.8 Å². The maximum absolute atomic E-state index is 8.92. The van der Waals surface area contributed by atoms with Crippen molar-refractivity contribution in [3.05, 3.63) is 47.0 Å². The summed E-state index contributed by atoms with van der Waals surface area (Å²) in [5.41, 5.74) is 2.60. The summed E-state index contributed by atoms with van der Waals surface area (Å²) in [7, 11) is 0. The van der Waals surface area contributed by atoms with E-state index in [1.807, 2.05) is 18.2 Å². The monoisotopic (exact) mass is 239 g/mol. The van der Waals surface area contributed by atoms with Gasteiger partial charge in [0.25, 0.3) is 0 Å². The SMILES string of the molecule is N#Cc1ccccc1CO/N=[C]\C1=CCCCC1. The van der Waals surface area contributed by atoms with Crippen molar-refractivity contribution >= 4 is 6.21 Å². The van der Waals surface area contributed by atoms with Crippen LogP contribution in [0.4, 0.5) is 0 Å². The minimum atomic E-state index is 0.310. The first-order chi connectivity index (χ1) is 8.90. The molecule has 18 heavy (non-hydrogen) atoms. The largest absolute Gasteiger partial charge is 0.390 e. The molecule has 0 aliphatic heterocycles. The molecule has 0 saturated carbocycles. The normalized spacial score (nSPS) is 15.2. The Labute approximate surface area is 107 Å². The van der Waals surface area contributed by atoms with E-state index in [0.29, 0.717) is 12.2 Å². The van der Waals surface area contributed by atoms with Gasteiger partial charge < -0.3 is 4.84 Å². The molecule has 0 fully saturated rings. The Morgan fingerprint density at radius 2 is 2.17 bits per heavy atom. The highest BCUT2D eigenvalue weighted by atomic mass is 16.6. The first-order valence-corrected chi connectivity index (χ1v) is 6.15. The van der Waals surface area contributed by atoms with E-state index >= 15 is 0 Å². The van der Waals surface area contributed by atoms with Gasteiger partial charge in [-0.05, 0) is 37.3 Å². The maximum atomic E-state index is 8.92. The minimum Gasteiger partial charge on any atom is -0.390 e. The van der Waals surface area contributed by atoms with E-state index in [2.05, 4.69) is 23.5 Å². The molecule has 1 aliphatic rings. The summed E-state index contributed by atoms with van der Waals surface area (Å²) < 4.78 is 0. The van der Waals surface area contributed by atoms with Gasteiger partial charge in [0.15, 0.2) is 0 Å². The lowest BCUT2D eigenvalue weighted by molar-refractivity contribution is 0.132. The van der Waals surface area contributed by atoms with Crippen LogP contribution in [0.3, 0.4) is 0 Å². The zero-order chi connectivity index (χ0) is 12.6. The molecule has 0 N–H and O–H groups in total. The van der Waals surface area contributed by atoms with Gasteiger partial charge in [0.2, 0.25) is 0 Å². The van der Waals surface area contributed by atoms with E-state index in [0.717, 1.165) is 24.0 Å². The summed E-state index contributed by atoms with van der Waals surface area (Å²) in [4.78, 5) is 5.19. The van der Waals surface area contributed by atoms with Gasteiger partial charge in [-0.2, -0.15) is 5.26 Å². The van der Waals surface area contributed by atoms with E-state index in [4.69, 9.17) is 10.1 Å². The lowest BCUT2D eigenvalue weighted by Gasteiger charge is -2.06. The quantitative estimate of drug-likeness (QED) is 0.596. The van der Waals surface area contributed by atoms with Crippen LogP contribution in [-0.4, -0.2) is 6.21 Å². The van der Waals surface area contributed by atoms with Crippen LogP contribution in [0.2, 0.25) is 0 Å². The molecule has 0 aromatic heterocycles. The van der Waals surface area contributed by atoms with Crippen molar-refractivity contribution in [2.75, 3.05) is 0 Å². The average molecular weight is 239 g/mol. The number of benzene rings is 1. The number of nitriles is 1. The molecular formula is C15H15N2O. The van der Waals surface area contributed by atoms with Crippen molar-refractivity contribution in [2.24, 2.45) is 5.16 Å².